The number of rotatable bonds is 3. The highest BCUT2D eigenvalue weighted by Crippen LogP contribution is 2.25. The fourth-order valence-electron chi connectivity index (χ4n) is 1.75. The fourth-order valence-corrected chi connectivity index (χ4v) is 2.01. The first-order valence-corrected chi connectivity index (χ1v) is 6.04. The number of nitrogens with zero attached hydrogens (tertiary/aromatic N) is 2. The molecule has 0 saturated heterocycles. The number of anilines is 1. The van der Waals surface area contributed by atoms with Gasteiger partial charge in [0.25, 0.3) is 0 Å². The molecule has 0 radical (unpaired) electrons. The molecule has 0 unspecified atom stereocenters. The molecule has 0 spiro atoms. The summed E-state index contributed by atoms with van der Waals surface area (Å²) in [4.78, 5) is 18.7. The molecule has 18 heavy (non-hydrogen) atoms. The van der Waals surface area contributed by atoms with Crippen molar-refractivity contribution in [3.8, 4) is 0 Å². The van der Waals surface area contributed by atoms with Crippen LogP contribution >= 0.6 is 12.6 Å². The molecule has 0 aliphatic heterocycles. The molecule has 0 fully saturated rings. The number of thiol groups is 1. The van der Waals surface area contributed by atoms with Gasteiger partial charge in [-0.1, -0.05) is 12.1 Å². The Balaban J connectivity index is 2.34. The van der Waals surface area contributed by atoms with E-state index in [1.807, 2.05) is 37.2 Å². The summed E-state index contributed by atoms with van der Waals surface area (Å²) < 4.78 is 0. The van der Waals surface area contributed by atoms with Crippen LogP contribution in [-0.2, 0) is 4.79 Å². The molecule has 2 aromatic rings. The second-order valence-corrected chi connectivity index (χ2v) is 4.80. The molecule has 94 valence electrons. The van der Waals surface area contributed by atoms with Crippen LogP contribution in [0.15, 0.2) is 35.4 Å². The molecule has 4 nitrogen and oxygen atoms in total. The summed E-state index contributed by atoms with van der Waals surface area (Å²) in [5, 5.41) is 3.79. The number of fused-ring (bicyclic) bond motifs is 1. The highest BCUT2D eigenvalue weighted by atomic mass is 32.1. The summed E-state index contributed by atoms with van der Waals surface area (Å²) >= 11 is 4.36. The first-order valence-electron chi connectivity index (χ1n) is 5.59. The Hall–Kier alpha value is -1.59. The van der Waals surface area contributed by atoms with Gasteiger partial charge in [0.2, 0.25) is 5.91 Å². The van der Waals surface area contributed by atoms with E-state index in [0.29, 0.717) is 6.54 Å². The lowest BCUT2D eigenvalue weighted by Gasteiger charge is -2.12. The van der Waals surface area contributed by atoms with E-state index in [1.54, 1.807) is 12.3 Å². The van der Waals surface area contributed by atoms with Gasteiger partial charge in [0, 0.05) is 16.5 Å². The van der Waals surface area contributed by atoms with Gasteiger partial charge in [-0.15, -0.1) is 12.6 Å². The summed E-state index contributed by atoms with van der Waals surface area (Å²) in [6.07, 6.45) is 1.67. The van der Waals surface area contributed by atoms with E-state index in [4.69, 9.17) is 0 Å². The molecular weight excluding hydrogens is 246 g/mol. The highest BCUT2D eigenvalue weighted by Gasteiger charge is 2.08. The average Bonchev–Trinajstić information content (AvgIpc) is 2.29. The maximum Gasteiger partial charge on any atom is 0.238 e. The van der Waals surface area contributed by atoms with Crippen molar-refractivity contribution in [1.82, 2.24) is 9.88 Å². The van der Waals surface area contributed by atoms with Gasteiger partial charge in [-0.2, -0.15) is 0 Å². The Labute approximate surface area is 111 Å². The number of carbonyl (C=O) groups excluding carboxylic acids is 1. The topological polar surface area (TPSA) is 45.2 Å². The second-order valence-electron chi connectivity index (χ2n) is 4.32. The number of nitrogens with one attached hydrogen (secondary N) is 1. The summed E-state index contributed by atoms with van der Waals surface area (Å²) in [6.45, 7) is 0.352. The molecule has 0 aliphatic rings. The standard InChI is InChI=1S/C13H15N3OS/c1-16(2)8-12(17)15-10-6-7-14-13-9(10)4-3-5-11(13)18/h3-7,18H,8H2,1-2H3,(H,14,15,17). The van der Waals surface area contributed by atoms with Crippen LogP contribution in [0.4, 0.5) is 5.69 Å². The number of likely N-dealkylation sites (N-methyl/N-ethyl adjacent to an activating group) is 1. The van der Waals surface area contributed by atoms with Crippen LogP contribution in [0.2, 0.25) is 0 Å². The van der Waals surface area contributed by atoms with E-state index in [-0.39, 0.29) is 5.91 Å². The molecule has 1 N–H and O–H groups in total. The number of hydrogen-bond donors (Lipinski definition) is 2. The van der Waals surface area contributed by atoms with Crippen LogP contribution in [0.5, 0.6) is 0 Å². The summed E-state index contributed by atoms with van der Waals surface area (Å²) in [5.74, 6) is -0.0444. The predicted octanol–water partition coefficient (Wildman–Crippen LogP) is 2.02. The number of aromatic nitrogens is 1. The zero-order valence-corrected chi connectivity index (χ0v) is 11.2. The van der Waals surface area contributed by atoms with Gasteiger partial charge in [0.1, 0.15) is 0 Å². The SMILES string of the molecule is CN(C)CC(=O)Nc1ccnc2c(S)cccc12. The van der Waals surface area contributed by atoms with Crippen molar-refractivity contribution >= 4 is 35.1 Å². The number of para-hydroxylation sites is 1. The minimum Gasteiger partial charge on any atom is -0.324 e. The molecule has 0 saturated carbocycles. The third-order valence-electron chi connectivity index (χ3n) is 2.48. The van der Waals surface area contributed by atoms with Crippen LogP contribution in [0.1, 0.15) is 0 Å². The molecular formula is C13H15N3OS. The first-order chi connectivity index (χ1) is 8.58. The highest BCUT2D eigenvalue weighted by molar-refractivity contribution is 7.80. The van der Waals surface area contributed by atoms with E-state index in [9.17, 15) is 4.79 Å². The summed E-state index contributed by atoms with van der Waals surface area (Å²) in [5.41, 5.74) is 1.56. The minimum atomic E-state index is -0.0444. The lowest BCUT2D eigenvalue weighted by molar-refractivity contribution is -0.116. The van der Waals surface area contributed by atoms with Crippen LogP contribution in [0.25, 0.3) is 10.9 Å². The van der Waals surface area contributed by atoms with Gasteiger partial charge < -0.3 is 10.2 Å². The van der Waals surface area contributed by atoms with E-state index >= 15 is 0 Å². The van der Waals surface area contributed by atoms with Crippen molar-refractivity contribution in [3.63, 3.8) is 0 Å². The molecule has 1 heterocycles. The Kier molecular flexibility index (Phi) is 3.84. The van der Waals surface area contributed by atoms with Crippen molar-refractivity contribution in [2.75, 3.05) is 26.0 Å². The van der Waals surface area contributed by atoms with Gasteiger partial charge in [-0.05, 0) is 26.2 Å². The molecule has 1 aromatic carbocycles. The summed E-state index contributed by atoms with van der Waals surface area (Å²) in [6, 6.07) is 7.49. The third kappa shape index (κ3) is 2.80. The lowest BCUT2D eigenvalue weighted by atomic mass is 10.2. The van der Waals surface area contributed by atoms with E-state index < -0.39 is 0 Å². The molecule has 1 amide bonds. The maximum atomic E-state index is 11.8. The predicted molar refractivity (Wildman–Crippen MR) is 76.2 cm³/mol. The van der Waals surface area contributed by atoms with Gasteiger partial charge in [-0.3, -0.25) is 9.78 Å². The molecule has 2 rings (SSSR count). The van der Waals surface area contributed by atoms with Crippen molar-refractivity contribution in [1.29, 1.82) is 0 Å². The van der Waals surface area contributed by atoms with Crippen LogP contribution in [0.3, 0.4) is 0 Å². The number of benzene rings is 1. The molecule has 0 atom stereocenters. The van der Waals surface area contributed by atoms with Crippen LogP contribution < -0.4 is 5.32 Å². The van der Waals surface area contributed by atoms with E-state index in [0.717, 1.165) is 21.5 Å². The quantitative estimate of drug-likeness (QED) is 0.831. The number of hydrogen-bond acceptors (Lipinski definition) is 4. The Morgan fingerprint density at radius 3 is 2.89 bits per heavy atom. The Morgan fingerprint density at radius 1 is 1.39 bits per heavy atom. The summed E-state index contributed by atoms with van der Waals surface area (Å²) in [7, 11) is 3.71. The fraction of sp³-hybridized carbons (Fsp3) is 0.231. The third-order valence-corrected chi connectivity index (χ3v) is 2.84. The van der Waals surface area contributed by atoms with Crippen molar-refractivity contribution in [2.24, 2.45) is 0 Å². The van der Waals surface area contributed by atoms with Gasteiger partial charge in [0.05, 0.1) is 17.7 Å². The minimum absolute atomic E-state index is 0.0444. The number of carbonyl (C=O) groups is 1. The molecule has 5 heteroatoms. The lowest BCUT2D eigenvalue weighted by Crippen LogP contribution is -2.27. The average molecular weight is 261 g/mol. The van der Waals surface area contributed by atoms with Gasteiger partial charge in [-0.25, -0.2) is 0 Å². The van der Waals surface area contributed by atoms with E-state index in [2.05, 4.69) is 22.9 Å². The molecule has 0 aliphatic carbocycles. The van der Waals surface area contributed by atoms with Crippen LogP contribution in [-0.4, -0.2) is 36.4 Å². The normalized spacial score (nSPS) is 10.9. The van der Waals surface area contributed by atoms with Gasteiger partial charge in [0.15, 0.2) is 0 Å². The van der Waals surface area contributed by atoms with E-state index in [1.165, 1.54) is 0 Å². The van der Waals surface area contributed by atoms with Crippen molar-refractivity contribution < 1.29 is 4.79 Å². The monoisotopic (exact) mass is 261 g/mol. The zero-order valence-electron chi connectivity index (χ0n) is 10.3. The number of pyridine rings is 1. The second kappa shape index (κ2) is 5.37. The van der Waals surface area contributed by atoms with Gasteiger partial charge >= 0.3 is 0 Å². The smallest absolute Gasteiger partial charge is 0.238 e. The first kappa shape index (κ1) is 12.9. The largest absolute Gasteiger partial charge is 0.324 e. The zero-order chi connectivity index (χ0) is 13.1. The molecule has 1 aromatic heterocycles. The molecule has 0 bridgehead atoms. The van der Waals surface area contributed by atoms with Crippen molar-refractivity contribution in [3.05, 3.63) is 30.5 Å². The Morgan fingerprint density at radius 2 is 2.17 bits per heavy atom. The van der Waals surface area contributed by atoms with Crippen molar-refractivity contribution in [2.45, 2.75) is 4.90 Å². The van der Waals surface area contributed by atoms with Crippen LogP contribution in [0, 0.1) is 0 Å². The maximum absolute atomic E-state index is 11.8. The number of amides is 1. The Bertz CT molecular complexity index is 583.